The maximum atomic E-state index is 8.96. The average Bonchev–Trinajstić information content (AvgIpc) is 2.24. The summed E-state index contributed by atoms with van der Waals surface area (Å²) in [6, 6.07) is 0. The van der Waals surface area contributed by atoms with Crippen molar-refractivity contribution in [2.45, 2.75) is 32.7 Å². The first-order valence-electron chi connectivity index (χ1n) is 5.62. The Bertz CT molecular complexity index is 368. The molecule has 1 heterocycles. The molecule has 1 rings (SSSR count). The maximum absolute atomic E-state index is 8.96. The Morgan fingerprint density at radius 3 is 2.76 bits per heavy atom. The summed E-state index contributed by atoms with van der Waals surface area (Å²) in [5, 5.41) is 12.1. The van der Waals surface area contributed by atoms with Crippen LogP contribution in [0.2, 0.25) is 0 Å². The number of aromatic nitrogens is 2. The van der Waals surface area contributed by atoms with E-state index in [0.717, 1.165) is 0 Å². The van der Waals surface area contributed by atoms with Gasteiger partial charge in [0.2, 0.25) is 5.88 Å². The van der Waals surface area contributed by atoms with Crippen LogP contribution in [0, 0.1) is 0 Å². The molecule has 1 aromatic rings. The highest BCUT2D eigenvalue weighted by Crippen LogP contribution is 2.27. The fourth-order valence-electron chi connectivity index (χ4n) is 1.39. The number of hydrogen-bond donors (Lipinski definition) is 3. The highest BCUT2D eigenvalue weighted by Gasteiger charge is 2.20. The number of ether oxygens (including phenoxy) is 1. The van der Waals surface area contributed by atoms with E-state index in [1.165, 1.54) is 6.33 Å². The van der Waals surface area contributed by atoms with Gasteiger partial charge in [0.15, 0.2) is 5.82 Å². The van der Waals surface area contributed by atoms with Crippen LogP contribution in [-0.2, 0) is 0 Å². The molecule has 0 atom stereocenters. The third-order valence-electron chi connectivity index (χ3n) is 2.32. The van der Waals surface area contributed by atoms with Gasteiger partial charge in [0.1, 0.15) is 12.0 Å². The lowest BCUT2D eigenvalue weighted by atomic mass is 10.0. The molecule has 0 aliphatic carbocycles. The first-order chi connectivity index (χ1) is 8.00. The van der Waals surface area contributed by atoms with Gasteiger partial charge in [0.05, 0.1) is 6.61 Å². The molecule has 1 aromatic heterocycles. The largest absolute Gasteiger partial charge is 0.476 e. The molecule has 0 unspecified atom stereocenters. The first kappa shape index (κ1) is 13.5. The fraction of sp³-hybridized carbons (Fsp3) is 0.636. The number of nitrogen functional groups attached to an aromatic ring is 1. The van der Waals surface area contributed by atoms with Crippen molar-refractivity contribution in [2.24, 2.45) is 0 Å². The highest BCUT2D eigenvalue weighted by atomic mass is 16.5. The van der Waals surface area contributed by atoms with Gasteiger partial charge in [0, 0.05) is 12.1 Å². The number of nitrogens with one attached hydrogen (secondary N) is 1. The standard InChI is InChI=1S/C11H20N4O2/c1-4-17-10-8(12)9(13-7-14-10)15-11(2,3)5-6-16/h7,16H,4-6,12H2,1-3H3,(H,13,14,15). The molecular weight excluding hydrogens is 220 g/mol. The van der Waals surface area contributed by atoms with Crippen molar-refractivity contribution < 1.29 is 9.84 Å². The van der Waals surface area contributed by atoms with Gasteiger partial charge in [0.25, 0.3) is 0 Å². The van der Waals surface area contributed by atoms with E-state index >= 15 is 0 Å². The molecular formula is C11H20N4O2. The summed E-state index contributed by atoms with van der Waals surface area (Å²) in [6.07, 6.45) is 2.00. The van der Waals surface area contributed by atoms with Gasteiger partial charge in [-0.25, -0.2) is 4.98 Å². The van der Waals surface area contributed by atoms with Gasteiger partial charge in [-0.05, 0) is 27.2 Å². The molecule has 0 spiro atoms. The summed E-state index contributed by atoms with van der Waals surface area (Å²) in [6.45, 7) is 6.39. The molecule has 0 aliphatic rings. The van der Waals surface area contributed by atoms with Crippen LogP contribution in [0.5, 0.6) is 5.88 Å². The van der Waals surface area contributed by atoms with Crippen LogP contribution in [0.25, 0.3) is 0 Å². The number of rotatable bonds is 6. The monoisotopic (exact) mass is 240 g/mol. The second-order valence-corrected chi connectivity index (χ2v) is 4.36. The van der Waals surface area contributed by atoms with Crippen molar-refractivity contribution in [1.82, 2.24) is 9.97 Å². The zero-order chi connectivity index (χ0) is 12.9. The van der Waals surface area contributed by atoms with Gasteiger partial charge < -0.3 is 20.9 Å². The van der Waals surface area contributed by atoms with Crippen molar-refractivity contribution in [1.29, 1.82) is 0 Å². The topological polar surface area (TPSA) is 93.3 Å². The summed E-state index contributed by atoms with van der Waals surface area (Å²) in [5.74, 6) is 0.909. The van der Waals surface area contributed by atoms with E-state index in [9.17, 15) is 0 Å². The van der Waals surface area contributed by atoms with E-state index in [-0.39, 0.29) is 12.1 Å². The van der Waals surface area contributed by atoms with Crippen LogP contribution in [0.15, 0.2) is 6.33 Å². The minimum Gasteiger partial charge on any atom is -0.476 e. The van der Waals surface area contributed by atoms with Crippen molar-refractivity contribution >= 4 is 11.5 Å². The van der Waals surface area contributed by atoms with Crippen LogP contribution in [-0.4, -0.2) is 33.8 Å². The number of aliphatic hydroxyl groups is 1. The van der Waals surface area contributed by atoms with Gasteiger partial charge in [-0.3, -0.25) is 0 Å². The van der Waals surface area contributed by atoms with Crippen LogP contribution in [0.4, 0.5) is 11.5 Å². The molecule has 0 aromatic carbocycles. The van der Waals surface area contributed by atoms with E-state index in [1.807, 2.05) is 20.8 Å². The Morgan fingerprint density at radius 1 is 1.47 bits per heavy atom. The van der Waals surface area contributed by atoms with E-state index in [4.69, 9.17) is 15.6 Å². The Balaban J connectivity index is 2.87. The van der Waals surface area contributed by atoms with Crippen LogP contribution in [0.3, 0.4) is 0 Å². The maximum Gasteiger partial charge on any atom is 0.242 e. The highest BCUT2D eigenvalue weighted by molar-refractivity contribution is 5.67. The van der Waals surface area contributed by atoms with Gasteiger partial charge >= 0.3 is 0 Å². The van der Waals surface area contributed by atoms with E-state index in [0.29, 0.717) is 30.4 Å². The number of nitrogens with zero attached hydrogens (tertiary/aromatic N) is 2. The Morgan fingerprint density at radius 2 is 2.18 bits per heavy atom. The van der Waals surface area contributed by atoms with Gasteiger partial charge in [-0.2, -0.15) is 4.98 Å². The van der Waals surface area contributed by atoms with Crippen molar-refractivity contribution in [3.8, 4) is 5.88 Å². The lowest BCUT2D eigenvalue weighted by Crippen LogP contribution is -2.32. The molecule has 0 radical (unpaired) electrons. The zero-order valence-electron chi connectivity index (χ0n) is 10.5. The molecule has 0 amide bonds. The molecule has 0 bridgehead atoms. The fourth-order valence-corrected chi connectivity index (χ4v) is 1.39. The quantitative estimate of drug-likeness (QED) is 0.687. The summed E-state index contributed by atoms with van der Waals surface area (Å²) in [5.41, 5.74) is 6.00. The van der Waals surface area contributed by atoms with Gasteiger partial charge in [-0.1, -0.05) is 0 Å². The molecule has 96 valence electrons. The number of nitrogens with two attached hydrogens (primary N) is 1. The lowest BCUT2D eigenvalue weighted by molar-refractivity contribution is 0.260. The molecule has 17 heavy (non-hydrogen) atoms. The summed E-state index contributed by atoms with van der Waals surface area (Å²) in [4.78, 5) is 8.04. The molecule has 6 nitrogen and oxygen atoms in total. The molecule has 4 N–H and O–H groups in total. The van der Waals surface area contributed by atoms with Crippen molar-refractivity contribution in [2.75, 3.05) is 24.3 Å². The Kier molecular flexibility index (Phi) is 4.51. The van der Waals surface area contributed by atoms with E-state index in [1.54, 1.807) is 0 Å². The Labute approximate surface area is 101 Å². The van der Waals surface area contributed by atoms with Gasteiger partial charge in [-0.15, -0.1) is 0 Å². The SMILES string of the molecule is CCOc1ncnc(NC(C)(C)CCO)c1N. The molecule has 0 saturated carbocycles. The average molecular weight is 240 g/mol. The van der Waals surface area contributed by atoms with Crippen LogP contribution >= 0.6 is 0 Å². The molecule has 0 fully saturated rings. The van der Waals surface area contributed by atoms with E-state index in [2.05, 4.69) is 15.3 Å². The predicted octanol–water partition coefficient (Wildman–Crippen LogP) is 1.03. The normalized spacial score (nSPS) is 11.3. The molecule has 0 saturated heterocycles. The predicted molar refractivity (Wildman–Crippen MR) is 67.0 cm³/mol. The van der Waals surface area contributed by atoms with Crippen molar-refractivity contribution in [3.05, 3.63) is 6.33 Å². The number of anilines is 2. The third-order valence-corrected chi connectivity index (χ3v) is 2.32. The number of hydrogen-bond acceptors (Lipinski definition) is 6. The lowest BCUT2D eigenvalue weighted by Gasteiger charge is -2.26. The number of aliphatic hydroxyl groups excluding tert-OH is 1. The third kappa shape index (κ3) is 3.74. The Hall–Kier alpha value is -1.56. The second kappa shape index (κ2) is 5.67. The smallest absolute Gasteiger partial charge is 0.242 e. The van der Waals surface area contributed by atoms with Crippen molar-refractivity contribution in [3.63, 3.8) is 0 Å². The van der Waals surface area contributed by atoms with E-state index < -0.39 is 0 Å². The molecule has 0 aliphatic heterocycles. The minimum absolute atomic E-state index is 0.101. The summed E-state index contributed by atoms with van der Waals surface area (Å²) in [7, 11) is 0. The minimum atomic E-state index is -0.291. The summed E-state index contributed by atoms with van der Waals surface area (Å²) < 4.78 is 5.29. The van der Waals surface area contributed by atoms with Crippen LogP contribution in [0.1, 0.15) is 27.2 Å². The molecule has 6 heteroatoms. The second-order valence-electron chi connectivity index (χ2n) is 4.36. The zero-order valence-corrected chi connectivity index (χ0v) is 10.5. The first-order valence-corrected chi connectivity index (χ1v) is 5.62. The summed E-state index contributed by atoms with van der Waals surface area (Å²) >= 11 is 0. The van der Waals surface area contributed by atoms with Crippen LogP contribution < -0.4 is 15.8 Å².